The zero-order valence-electron chi connectivity index (χ0n) is 14.5. The van der Waals surface area contributed by atoms with E-state index >= 15 is 0 Å². The number of aromatic nitrogens is 1. The van der Waals surface area contributed by atoms with Gasteiger partial charge >= 0.3 is 11.9 Å². The van der Waals surface area contributed by atoms with E-state index in [1.165, 1.54) is 37.3 Å². The lowest BCUT2D eigenvalue weighted by molar-refractivity contribution is -0.134. The highest BCUT2D eigenvalue weighted by Gasteiger charge is 2.22. The Bertz CT molecular complexity index is 1090. The zero-order chi connectivity index (χ0) is 19.0. The molecule has 0 amide bonds. The van der Waals surface area contributed by atoms with Gasteiger partial charge in [-0.2, -0.15) is 0 Å². The van der Waals surface area contributed by atoms with Gasteiger partial charge in [0.05, 0.1) is 10.9 Å². The minimum atomic E-state index is -0.633. The molecule has 26 heavy (non-hydrogen) atoms. The summed E-state index contributed by atoms with van der Waals surface area (Å²) < 4.78 is 16.0. The summed E-state index contributed by atoms with van der Waals surface area (Å²) in [6.45, 7) is 5.89. The van der Waals surface area contributed by atoms with Crippen LogP contribution in [-0.2, 0) is 9.59 Å². The van der Waals surface area contributed by atoms with Gasteiger partial charge in [-0.15, -0.1) is 11.3 Å². The molecule has 0 fully saturated rings. The van der Waals surface area contributed by atoms with Gasteiger partial charge in [0.1, 0.15) is 10.8 Å². The number of nitrogens with zero attached hydrogens (tertiary/aromatic N) is 1. The molecule has 3 aromatic rings. The van der Waals surface area contributed by atoms with Gasteiger partial charge in [0.2, 0.25) is 11.2 Å². The Morgan fingerprint density at radius 3 is 2.38 bits per heavy atom. The Morgan fingerprint density at radius 1 is 1.12 bits per heavy atom. The first kappa shape index (κ1) is 17.8. The van der Waals surface area contributed by atoms with Crippen molar-refractivity contribution in [1.29, 1.82) is 0 Å². The van der Waals surface area contributed by atoms with Gasteiger partial charge in [0.25, 0.3) is 0 Å². The summed E-state index contributed by atoms with van der Waals surface area (Å²) in [4.78, 5) is 40.1. The van der Waals surface area contributed by atoms with Crippen LogP contribution >= 0.6 is 11.3 Å². The minimum Gasteiger partial charge on any atom is -0.456 e. The smallest absolute Gasteiger partial charge is 0.308 e. The molecule has 0 spiro atoms. The van der Waals surface area contributed by atoms with Crippen molar-refractivity contribution < 1.29 is 23.5 Å². The fourth-order valence-corrected chi connectivity index (χ4v) is 3.40. The first-order valence-corrected chi connectivity index (χ1v) is 8.55. The number of benzene rings is 1. The first-order chi connectivity index (χ1) is 12.3. The number of hydrogen-bond acceptors (Lipinski definition) is 8. The maximum absolute atomic E-state index is 13.0. The summed E-state index contributed by atoms with van der Waals surface area (Å²) in [5, 5.41) is 2.59. The van der Waals surface area contributed by atoms with Gasteiger partial charge in [-0.05, 0) is 26.0 Å². The van der Waals surface area contributed by atoms with Crippen molar-refractivity contribution in [2.75, 3.05) is 0 Å². The molecule has 0 bridgehead atoms. The molecule has 0 unspecified atom stereocenters. The van der Waals surface area contributed by atoms with Crippen LogP contribution in [0, 0.1) is 13.8 Å². The number of aryl methyl sites for hydroxylation is 2. The van der Waals surface area contributed by atoms with Gasteiger partial charge in [-0.1, -0.05) is 0 Å². The summed E-state index contributed by atoms with van der Waals surface area (Å²) in [6, 6.07) is 2.86. The number of esters is 2. The van der Waals surface area contributed by atoms with E-state index in [0.29, 0.717) is 16.3 Å². The highest BCUT2D eigenvalue weighted by Crippen LogP contribution is 2.37. The minimum absolute atomic E-state index is 0.000549. The monoisotopic (exact) mass is 373 g/mol. The Morgan fingerprint density at radius 2 is 1.81 bits per heavy atom. The predicted molar refractivity (Wildman–Crippen MR) is 95.7 cm³/mol. The third kappa shape index (κ3) is 3.23. The van der Waals surface area contributed by atoms with Gasteiger partial charge in [-0.25, -0.2) is 4.98 Å². The van der Waals surface area contributed by atoms with E-state index in [4.69, 9.17) is 13.9 Å². The molecule has 0 aliphatic heterocycles. The average Bonchev–Trinajstić information content (AvgIpc) is 2.95. The zero-order valence-corrected chi connectivity index (χ0v) is 15.4. The van der Waals surface area contributed by atoms with Gasteiger partial charge in [-0.3, -0.25) is 14.4 Å². The van der Waals surface area contributed by atoms with E-state index in [9.17, 15) is 14.4 Å². The Kier molecular flexibility index (Phi) is 4.60. The highest BCUT2D eigenvalue weighted by molar-refractivity contribution is 7.13. The summed E-state index contributed by atoms with van der Waals surface area (Å²) in [6.07, 6.45) is 0. The van der Waals surface area contributed by atoms with Crippen LogP contribution in [0.4, 0.5) is 0 Å². The summed E-state index contributed by atoms with van der Waals surface area (Å²) in [5.74, 6) is -1.00. The van der Waals surface area contributed by atoms with Crippen LogP contribution in [0.25, 0.3) is 21.5 Å². The van der Waals surface area contributed by atoms with Crippen molar-refractivity contribution in [2.45, 2.75) is 27.7 Å². The maximum Gasteiger partial charge on any atom is 0.308 e. The van der Waals surface area contributed by atoms with Crippen molar-refractivity contribution >= 4 is 34.2 Å². The van der Waals surface area contributed by atoms with Crippen molar-refractivity contribution in [3.05, 3.63) is 39.2 Å². The Labute approximate surface area is 152 Å². The lowest BCUT2D eigenvalue weighted by atomic mass is 10.1. The van der Waals surface area contributed by atoms with Crippen LogP contribution in [0.1, 0.15) is 25.3 Å². The van der Waals surface area contributed by atoms with E-state index in [1.54, 1.807) is 6.92 Å². The van der Waals surface area contributed by atoms with Crippen molar-refractivity contribution in [3.63, 3.8) is 0 Å². The quantitative estimate of drug-likeness (QED) is 0.513. The van der Waals surface area contributed by atoms with Crippen molar-refractivity contribution in [2.24, 2.45) is 0 Å². The molecular weight excluding hydrogens is 358 g/mol. The van der Waals surface area contributed by atoms with E-state index in [-0.39, 0.29) is 27.9 Å². The van der Waals surface area contributed by atoms with Crippen LogP contribution in [-0.4, -0.2) is 16.9 Å². The van der Waals surface area contributed by atoms with E-state index < -0.39 is 11.9 Å². The average molecular weight is 373 g/mol. The number of rotatable bonds is 3. The molecule has 134 valence electrons. The molecule has 1 aromatic carbocycles. The molecule has 2 heterocycles. The SMILES string of the molecule is CC(=O)Oc1ccc2c(=O)c(-c3nc(C)cs3)c(C)oc2c1OC(C)=O. The summed E-state index contributed by atoms with van der Waals surface area (Å²) in [7, 11) is 0. The third-order valence-electron chi connectivity index (χ3n) is 3.49. The largest absolute Gasteiger partial charge is 0.456 e. The fraction of sp³-hybridized carbons (Fsp3) is 0.222. The molecule has 0 aliphatic carbocycles. The molecular formula is C18H15NO6S. The van der Waals surface area contributed by atoms with Crippen LogP contribution in [0.15, 0.2) is 26.7 Å². The molecule has 3 rings (SSSR count). The van der Waals surface area contributed by atoms with Gasteiger partial charge in [0, 0.05) is 24.9 Å². The predicted octanol–water partition coefficient (Wildman–Crippen LogP) is 3.38. The molecule has 0 radical (unpaired) electrons. The van der Waals surface area contributed by atoms with Crippen LogP contribution in [0.5, 0.6) is 11.5 Å². The molecule has 0 atom stereocenters. The Balaban J connectivity index is 2.32. The van der Waals surface area contributed by atoms with E-state index in [0.717, 1.165) is 5.69 Å². The van der Waals surface area contributed by atoms with E-state index in [1.807, 2.05) is 12.3 Å². The standard InChI is InChI=1S/C18H15NO6S/c1-8-7-26-18(19-8)14-9(2)23-16-12(15(14)22)5-6-13(24-10(3)20)17(16)25-11(4)21/h5-7H,1-4H3. The Hall–Kier alpha value is -3.00. The number of hydrogen-bond donors (Lipinski definition) is 0. The molecule has 8 heteroatoms. The highest BCUT2D eigenvalue weighted by atomic mass is 32.1. The van der Waals surface area contributed by atoms with Crippen LogP contribution in [0.3, 0.4) is 0 Å². The van der Waals surface area contributed by atoms with Gasteiger partial charge < -0.3 is 13.9 Å². The summed E-state index contributed by atoms with van der Waals surface area (Å²) in [5.41, 5.74) is 0.888. The normalized spacial score (nSPS) is 10.8. The number of fused-ring (bicyclic) bond motifs is 1. The molecule has 0 aliphatic rings. The van der Waals surface area contributed by atoms with Crippen molar-refractivity contribution in [1.82, 2.24) is 4.98 Å². The maximum atomic E-state index is 13.0. The van der Waals surface area contributed by atoms with Crippen LogP contribution < -0.4 is 14.9 Å². The molecule has 7 nitrogen and oxygen atoms in total. The molecule has 2 aromatic heterocycles. The molecule has 0 saturated carbocycles. The fourth-order valence-electron chi connectivity index (χ4n) is 2.52. The topological polar surface area (TPSA) is 95.7 Å². The number of ether oxygens (including phenoxy) is 2. The number of thiazole rings is 1. The van der Waals surface area contributed by atoms with Crippen LogP contribution in [0.2, 0.25) is 0 Å². The molecule has 0 N–H and O–H groups in total. The lowest BCUT2D eigenvalue weighted by Crippen LogP contribution is -2.11. The number of carbonyl (C=O) groups is 2. The van der Waals surface area contributed by atoms with E-state index in [2.05, 4.69) is 4.98 Å². The third-order valence-corrected chi connectivity index (χ3v) is 4.46. The second-order valence-corrected chi connectivity index (χ2v) is 6.47. The van der Waals surface area contributed by atoms with Gasteiger partial charge in [0.15, 0.2) is 11.3 Å². The lowest BCUT2D eigenvalue weighted by Gasteiger charge is -2.12. The first-order valence-electron chi connectivity index (χ1n) is 7.67. The van der Waals surface area contributed by atoms with Crippen molar-refractivity contribution in [3.8, 4) is 22.1 Å². The second-order valence-electron chi connectivity index (χ2n) is 5.61. The second kappa shape index (κ2) is 6.72. The number of carbonyl (C=O) groups excluding carboxylic acids is 2. The molecule has 0 saturated heterocycles. The summed E-state index contributed by atoms with van der Waals surface area (Å²) >= 11 is 1.34.